The molecule has 1 N–H and O–H groups in total. The minimum Gasteiger partial charge on any atom is -0.497 e. The maximum Gasteiger partial charge on any atom is 0.276 e. The number of pyridine rings is 1. The van der Waals surface area contributed by atoms with E-state index in [2.05, 4.69) is 23.2 Å². The fraction of sp³-hybridized carbons (Fsp3) is 0.0690. The molecule has 0 aliphatic rings. The summed E-state index contributed by atoms with van der Waals surface area (Å²) in [5.41, 5.74) is 6.17. The number of thiophene rings is 1. The second-order valence-corrected chi connectivity index (χ2v) is 9.88. The van der Waals surface area contributed by atoms with Crippen molar-refractivity contribution in [2.24, 2.45) is 0 Å². The average molecular weight is 508 g/mol. The van der Waals surface area contributed by atoms with Gasteiger partial charge in [0, 0.05) is 10.9 Å². The van der Waals surface area contributed by atoms with Crippen molar-refractivity contribution in [2.45, 2.75) is 6.92 Å². The third-order valence-electron chi connectivity index (χ3n) is 6.32. The van der Waals surface area contributed by atoms with Gasteiger partial charge in [0.25, 0.3) is 5.56 Å². The number of nitrogens with zero attached hydrogens (tertiary/aromatic N) is 2. The van der Waals surface area contributed by atoms with Crippen molar-refractivity contribution < 1.29 is 4.74 Å². The smallest absolute Gasteiger partial charge is 0.276 e. The number of methoxy groups -OCH3 is 1. The molecule has 6 aromatic rings. The SMILES string of the molecule is COc1ccc(-c2cc(-c3ccccc3)c3c(n2)sc2c(=O)n(-c4ccccc4C)c(=S)[nH]c23)cc1. The molecule has 0 unspecified atom stereocenters. The summed E-state index contributed by atoms with van der Waals surface area (Å²) in [7, 11) is 1.65. The average Bonchev–Trinajstić information content (AvgIpc) is 3.28. The number of aryl methyl sites for hydroxylation is 1. The van der Waals surface area contributed by atoms with Gasteiger partial charge in [-0.3, -0.25) is 9.36 Å². The van der Waals surface area contributed by atoms with Gasteiger partial charge in [0.1, 0.15) is 15.3 Å². The predicted molar refractivity (Wildman–Crippen MR) is 150 cm³/mol. The molecule has 7 heteroatoms. The predicted octanol–water partition coefficient (Wildman–Crippen LogP) is 7.31. The van der Waals surface area contributed by atoms with E-state index in [-0.39, 0.29) is 5.56 Å². The Balaban J connectivity index is 1.69. The number of aromatic amines is 1. The number of nitrogens with one attached hydrogen (secondary N) is 1. The Morgan fingerprint density at radius 3 is 2.39 bits per heavy atom. The second-order valence-electron chi connectivity index (χ2n) is 8.49. The summed E-state index contributed by atoms with van der Waals surface area (Å²) in [5, 5.41) is 0.901. The molecule has 5 nitrogen and oxygen atoms in total. The summed E-state index contributed by atoms with van der Waals surface area (Å²) in [5.74, 6) is 0.786. The van der Waals surface area contributed by atoms with Gasteiger partial charge >= 0.3 is 0 Å². The molecule has 0 spiro atoms. The van der Waals surface area contributed by atoms with Crippen molar-refractivity contribution in [2.75, 3.05) is 7.11 Å². The first-order chi connectivity index (χ1) is 17.5. The molecule has 0 saturated carbocycles. The van der Waals surface area contributed by atoms with Gasteiger partial charge in [-0.2, -0.15) is 0 Å². The standard InChI is InChI=1S/C29H21N3O2S2/c1-17-8-6-7-11-23(17)32-28(33)26-25(31-29(32)35)24-21(18-9-4-3-5-10-18)16-22(30-27(24)36-26)19-12-14-20(34-2)15-13-19/h3-16H,1-2H3,(H,31,35). The van der Waals surface area contributed by atoms with Gasteiger partial charge in [-0.1, -0.05) is 48.5 Å². The van der Waals surface area contributed by atoms with Gasteiger partial charge in [0.2, 0.25) is 0 Å². The summed E-state index contributed by atoms with van der Waals surface area (Å²) in [6.07, 6.45) is 0. The molecule has 0 saturated heterocycles. The van der Waals surface area contributed by atoms with Crippen LogP contribution in [0.5, 0.6) is 5.75 Å². The number of rotatable bonds is 4. The lowest BCUT2D eigenvalue weighted by atomic mass is 10.00. The monoisotopic (exact) mass is 507 g/mol. The first-order valence-corrected chi connectivity index (χ1v) is 12.7. The van der Waals surface area contributed by atoms with Gasteiger partial charge in [-0.15, -0.1) is 11.3 Å². The first kappa shape index (κ1) is 22.4. The van der Waals surface area contributed by atoms with Crippen molar-refractivity contribution in [3.05, 3.63) is 106 Å². The zero-order chi connectivity index (χ0) is 24.8. The van der Waals surface area contributed by atoms with E-state index in [0.29, 0.717) is 9.47 Å². The fourth-order valence-corrected chi connectivity index (χ4v) is 5.88. The molecule has 3 heterocycles. The largest absolute Gasteiger partial charge is 0.497 e. The maximum absolute atomic E-state index is 13.8. The molecule has 0 radical (unpaired) electrons. The van der Waals surface area contributed by atoms with E-state index in [1.165, 1.54) is 11.3 Å². The number of ether oxygens (including phenoxy) is 1. The van der Waals surface area contributed by atoms with Crippen LogP contribution in [-0.2, 0) is 0 Å². The molecule has 6 rings (SSSR count). The molecule has 36 heavy (non-hydrogen) atoms. The van der Waals surface area contributed by atoms with Crippen LogP contribution in [0.15, 0.2) is 89.7 Å². The van der Waals surface area contributed by atoms with Crippen LogP contribution in [0.2, 0.25) is 0 Å². The molecule has 0 aliphatic heterocycles. The van der Waals surface area contributed by atoms with Gasteiger partial charge in [-0.25, -0.2) is 4.98 Å². The van der Waals surface area contributed by atoms with E-state index < -0.39 is 0 Å². The van der Waals surface area contributed by atoms with Gasteiger partial charge in [-0.05, 0) is 72.2 Å². The highest BCUT2D eigenvalue weighted by Gasteiger charge is 2.19. The van der Waals surface area contributed by atoms with E-state index in [1.54, 1.807) is 11.7 Å². The Morgan fingerprint density at radius 1 is 0.944 bits per heavy atom. The highest BCUT2D eigenvalue weighted by atomic mass is 32.1. The van der Waals surface area contributed by atoms with Gasteiger partial charge < -0.3 is 9.72 Å². The Kier molecular flexibility index (Phi) is 5.51. The van der Waals surface area contributed by atoms with Crippen LogP contribution in [0, 0.1) is 11.7 Å². The van der Waals surface area contributed by atoms with Gasteiger partial charge in [0.05, 0.1) is 24.0 Å². The van der Waals surface area contributed by atoms with Crippen molar-refractivity contribution >= 4 is 44.0 Å². The Morgan fingerprint density at radius 2 is 1.67 bits per heavy atom. The number of para-hydroxylation sites is 1. The number of H-pyrrole nitrogens is 1. The van der Waals surface area contributed by atoms with Crippen molar-refractivity contribution in [3.63, 3.8) is 0 Å². The van der Waals surface area contributed by atoms with Crippen molar-refractivity contribution in [1.29, 1.82) is 0 Å². The number of fused-ring (bicyclic) bond motifs is 3. The zero-order valence-corrected chi connectivity index (χ0v) is 21.2. The van der Waals surface area contributed by atoms with Crippen LogP contribution in [0.3, 0.4) is 0 Å². The highest BCUT2D eigenvalue weighted by Crippen LogP contribution is 2.39. The van der Waals surface area contributed by atoms with Crippen LogP contribution in [0.1, 0.15) is 5.56 Å². The van der Waals surface area contributed by atoms with E-state index in [4.69, 9.17) is 21.9 Å². The maximum atomic E-state index is 13.8. The molecular formula is C29H21N3O2S2. The molecule has 0 fully saturated rings. The Hall–Kier alpha value is -4.07. The van der Waals surface area contributed by atoms with Crippen molar-refractivity contribution in [1.82, 2.24) is 14.5 Å². The lowest BCUT2D eigenvalue weighted by Crippen LogP contribution is -2.20. The summed E-state index contributed by atoms with van der Waals surface area (Å²) >= 11 is 7.09. The number of hydrogen-bond acceptors (Lipinski definition) is 5. The third-order valence-corrected chi connectivity index (χ3v) is 7.68. The summed E-state index contributed by atoms with van der Waals surface area (Å²) < 4.78 is 7.85. The van der Waals surface area contributed by atoms with Crippen LogP contribution >= 0.6 is 23.6 Å². The minimum atomic E-state index is -0.143. The lowest BCUT2D eigenvalue weighted by molar-refractivity contribution is 0.415. The molecule has 3 aromatic carbocycles. The number of hydrogen-bond donors (Lipinski definition) is 1. The first-order valence-electron chi connectivity index (χ1n) is 11.4. The topological polar surface area (TPSA) is 59.9 Å². The van der Waals surface area contributed by atoms with Crippen LogP contribution in [0.4, 0.5) is 0 Å². The molecule has 0 bridgehead atoms. The molecule has 0 aliphatic carbocycles. The Bertz CT molecular complexity index is 1870. The Labute approximate surface area is 216 Å². The van der Waals surface area contributed by atoms with Crippen LogP contribution < -0.4 is 10.3 Å². The zero-order valence-electron chi connectivity index (χ0n) is 19.6. The van der Waals surface area contributed by atoms with Crippen LogP contribution in [-0.4, -0.2) is 21.6 Å². The van der Waals surface area contributed by atoms with Gasteiger partial charge in [0.15, 0.2) is 4.77 Å². The third kappa shape index (κ3) is 3.64. The molecule has 3 aromatic heterocycles. The van der Waals surface area contributed by atoms with E-state index in [1.807, 2.05) is 73.7 Å². The minimum absolute atomic E-state index is 0.143. The summed E-state index contributed by atoms with van der Waals surface area (Å²) in [6, 6.07) is 27.8. The fourth-order valence-electron chi connectivity index (χ4n) is 4.51. The van der Waals surface area contributed by atoms with E-state index >= 15 is 0 Å². The highest BCUT2D eigenvalue weighted by molar-refractivity contribution is 7.71. The number of benzene rings is 3. The quantitative estimate of drug-likeness (QED) is 0.254. The molecule has 0 atom stereocenters. The normalized spacial score (nSPS) is 11.3. The molecule has 176 valence electrons. The van der Waals surface area contributed by atoms with Crippen molar-refractivity contribution in [3.8, 4) is 33.8 Å². The number of aromatic nitrogens is 3. The second kappa shape index (κ2) is 8.86. The van der Waals surface area contributed by atoms with Crippen LogP contribution in [0.25, 0.3) is 48.5 Å². The molecular weight excluding hydrogens is 486 g/mol. The summed E-state index contributed by atoms with van der Waals surface area (Å²) in [4.78, 5) is 22.9. The molecule has 0 amide bonds. The van der Waals surface area contributed by atoms with E-state index in [0.717, 1.165) is 55.1 Å². The van der Waals surface area contributed by atoms with E-state index in [9.17, 15) is 4.79 Å². The summed E-state index contributed by atoms with van der Waals surface area (Å²) in [6.45, 7) is 1.97. The lowest BCUT2D eigenvalue weighted by Gasteiger charge is -2.10.